The largest absolute Gasteiger partial charge is 0.484 e. The lowest BCUT2D eigenvalue weighted by Gasteiger charge is -2.47. The number of carbonyl (C=O) groups is 1. The van der Waals surface area contributed by atoms with Gasteiger partial charge in [0, 0.05) is 32.2 Å². The Kier molecular flexibility index (Phi) is 5.56. The van der Waals surface area contributed by atoms with Crippen molar-refractivity contribution < 1.29 is 9.53 Å². The molecule has 1 amide bonds. The zero-order chi connectivity index (χ0) is 17.8. The summed E-state index contributed by atoms with van der Waals surface area (Å²) in [5, 5.41) is 4.39. The first-order valence-corrected chi connectivity index (χ1v) is 10.4. The molecule has 2 fully saturated rings. The van der Waals surface area contributed by atoms with Crippen molar-refractivity contribution in [3.05, 3.63) is 52.7 Å². The van der Waals surface area contributed by atoms with Crippen LogP contribution in [0.15, 0.2) is 47.2 Å². The van der Waals surface area contributed by atoms with E-state index in [0.717, 1.165) is 44.8 Å². The van der Waals surface area contributed by atoms with Crippen LogP contribution in [0.25, 0.3) is 0 Å². The maximum Gasteiger partial charge on any atom is 0.260 e. The second-order valence-electron chi connectivity index (χ2n) is 7.31. The molecule has 0 aliphatic carbocycles. The fraction of sp³-hybridized carbons (Fsp3) is 0.476. The molecule has 2 aliphatic rings. The van der Waals surface area contributed by atoms with Gasteiger partial charge in [-0.1, -0.05) is 18.2 Å². The molecule has 2 saturated heterocycles. The Morgan fingerprint density at radius 2 is 2.04 bits per heavy atom. The van der Waals surface area contributed by atoms with Crippen LogP contribution in [0.5, 0.6) is 5.75 Å². The van der Waals surface area contributed by atoms with Gasteiger partial charge in [0.2, 0.25) is 0 Å². The second-order valence-corrected chi connectivity index (χ2v) is 8.09. The molecule has 0 bridgehead atoms. The summed E-state index contributed by atoms with van der Waals surface area (Å²) in [7, 11) is 0. The average molecular weight is 371 g/mol. The van der Waals surface area contributed by atoms with Crippen molar-refractivity contribution in [1.82, 2.24) is 9.80 Å². The summed E-state index contributed by atoms with van der Waals surface area (Å²) in [5.74, 6) is 1.49. The third-order valence-electron chi connectivity index (χ3n) is 5.56. The van der Waals surface area contributed by atoms with Crippen molar-refractivity contribution in [3.63, 3.8) is 0 Å². The van der Waals surface area contributed by atoms with E-state index in [9.17, 15) is 4.79 Å². The fourth-order valence-electron chi connectivity index (χ4n) is 4.32. The van der Waals surface area contributed by atoms with Crippen LogP contribution in [0.3, 0.4) is 0 Å². The lowest BCUT2D eigenvalue weighted by atomic mass is 9.83. The van der Waals surface area contributed by atoms with Crippen LogP contribution in [0, 0.1) is 5.92 Å². The monoisotopic (exact) mass is 370 g/mol. The molecule has 1 aromatic heterocycles. The van der Waals surface area contributed by atoms with Gasteiger partial charge in [-0.2, -0.15) is 11.3 Å². The van der Waals surface area contributed by atoms with Gasteiger partial charge >= 0.3 is 0 Å². The fourth-order valence-corrected chi connectivity index (χ4v) is 4.98. The summed E-state index contributed by atoms with van der Waals surface area (Å²) in [6.45, 7) is 4.23. The first-order valence-electron chi connectivity index (χ1n) is 9.50. The van der Waals surface area contributed by atoms with Gasteiger partial charge in [0.1, 0.15) is 5.75 Å². The molecule has 4 rings (SSSR count). The number of hydrogen-bond donors (Lipinski definition) is 0. The predicted molar refractivity (Wildman–Crippen MR) is 104 cm³/mol. The number of fused-ring (bicyclic) bond motifs is 1. The second kappa shape index (κ2) is 8.23. The van der Waals surface area contributed by atoms with Crippen LogP contribution in [-0.2, 0) is 11.3 Å². The van der Waals surface area contributed by atoms with Gasteiger partial charge in [0.15, 0.2) is 6.61 Å². The molecule has 1 aromatic carbocycles. The number of benzene rings is 1. The Hall–Kier alpha value is -1.85. The summed E-state index contributed by atoms with van der Waals surface area (Å²) in [5.41, 5.74) is 1.41. The highest BCUT2D eigenvalue weighted by Crippen LogP contribution is 2.31. The molecule has 4 nitrogen and oxygen atoms in total. The van der Waals surface area contributed by atoms with Gasteiger partial charge in [-0.3, -0.25) is 9.69 Å². The highest BCUT2D eigenvalue weighted by atomic mass is 32.1. The van der Waals surface area contributed by atoms with Gasteiger partial charge < -0.3 is 9.64 Å². The van der Waals surface area contributed by atoms with Gasteiger partial charge in [0.05, 0.1) is 0 Å². The number of thiophene rings is 1. The van der Waals surface area contributed by atoms with E-state index in [0.29, 0.717) is 12.0 Å². The molecule has 3 heterocycles. The third-order valence-corrected chi connectivity index (χ3v) is 6.30. The van der Waals surface area contributed by atoms with Crippen molar-refractivity contribution in [1.29, 1.82) is 0 Å². The molecule has 0 spiro atoms. The van der Waals surface area contributed by atoms with Crippen LogP contribution in [0.4, 0.5) is 0 Å². The maximum absolute atomic E-state index is 12.8. The highest BCUT2D eigenvalue weighted by molar-refractivity contribution is 7.07. The first-order chi connectivity index (χ1) is 12.8. The van der Waals surface area contributed by atoms with Gasteiger partial charge in [-0.05, 0) is 59.7 Å². The molecule has 0 saturated carbocycles. The molecule has 2 aliphatic heterocycles. The molecule has 138 valence electrons. The summed E-state index contributed by atoms with van der Waals surface area (Å²) in [6, 6.07) is 12.2. The molecule has 26 heavy (non-hydrogen) atoms. The molecule has 0 radical (unpaired) electrons. The topological polar surface area (TPSA) is 32.8 Å². The smallest absolute Gasteiger partial charge is 0.260 e. The normalized spacial score (nSPS) is 23.5. The minimum absolute atomic E-state index is 0.134. The van der Waals surface area contributed by atoms with Crippen molar-refractivity contribution in [2.24, 2.45) is 5.92 Å². The highest BCUT2D eigenvalue weighted by Gasteiger charge is 2.38. The number of piperidine rings is 2. The van der Waals surface area contributed by atoms with Crippen molar-refractivity contribution in [2.75, 3.05) is 26.2 Å². The van der Waals surface area contributed by atoms with E-state index in [-0.39, 0.29) is 12.5 Å². The first kappa shape index (κ1) is 17.6. The van der Waals surface area contributed by atoms with Crippen LogP contribution >= 0.6 is 11.3 Å². The zero-order valence-corrected chi connectivity index (χ0v) is 15.9. The van der Waals surface area contributed by atoms with E-state index < -0.39 is 0 Å². The van der Waals surface area contributed by atoms with E-state index in [1.807, 2.05) is 30.3 Å². The maximum atomic E-state index is 12.8. The number of amides is 1. The minimum atomic E-state index is 0.134. The molecular weight excluding hydrogens is 344 g/mol. The van der Waals surface area contributed by atoms with E-state index >= 15 is 0 Å². The van der Waals surface area contributed by atoms with Crippen LogP contribution in [0.2, 0.25) is 0 Å². The minimum Gasteiger partial charge on any atom is -0.484 e. The third kappa shape index (κ3) is 4.10. The average Bonchev–Trinajstić information content (AvgIpc) is 3.19. The Morgan fingerprint density at radius 3 is 2.85 bits per heavy atom. The number of nitrogens with zero attached hydrogens (tertiary/aromatic N) is 2. The van der Waals surface area contributed by atoms with Crippen molar-refractivity contribution >= 4 is 17.2 Å². The Bertz CT molecular complexity index is 704. The lowest BCUT2D eigenvalue weighted by molar-refractivity contribution is -0.140. The lowest BCUT2D eigenvalue weighted by Crippen LogP contribution is -2.56. The summed E-state index contributed by atoms with van der Waals surface area (Å²) in [4.78, 5) is 17.4. The van der Waals surface area contributed by atoms with Crippen LogP contribution in [0.1, 0.15) is 24.8 Å². The predicted octanol–water partition coefficient (Wildman–Crippen LogP) is 3.64. The summed E-state index contributed by atoms with van der Waals surface area (Å²) < 4.78 is 5.69. The molecule has 0 N–H and O–H groups in total. The number of para-hydroxylation sites is 1. The Labute approximate surface area is 159 Å². The standard InChI is InChI=1S/C21H26N2O2S/c24-21(15-25-19-6-2-1-3-7-19)23-10-4-5-18-14-22(11-8-20(18)23)13-17-9-12-26-16-17/h1-3,6-7,9,12,16,18,20H,4-5,8,10-11,13-15H2/t18-,20-/m1/s1. The van der Waals surface area contributed by atoms with Crippen molar-refractivity contribution in [2.45, 2.75) is 31.8 Å². The number of ether oxygens (including phenoxy) is 1. The quantitative estimate of drug-likeness (QED) is 0.806. The molecule has 2 atom stereocenters. The number of likely N-dealkylation sites (tertiary alicyclic amines) is 2. The van der Waals surface area contributed by atoms with Crippen molar-refractivity contribution in [3.8, 4) is 5.75 Å². The SMILES string of the molecule is O=C(COc1ccccc1)N1CCC[C@@H]2CN(Cc3ccsc3)CC[C@H]21. The van der Waals surface area contributed by atoms with E-state index in [2.05, 4.69) is 26.6 Å². The van der Waals surface area contributed by atoms with Crippen LogP contribution < -0.4 is 4.74 Å². The summed E-state index contributed by atoms with van der Waals surface area (Å²) in [6.07, 6.45) is 3.41. The van der Waals surface area contributed by atoms with Gasteiger partial charge in [-0.25, -0.2) is 0 Å². The Balaban J connectivity index is 1.33. The number of carbonyl (C=O) groups excluding carboxylic acids is 1. The molecule has 5 heteroatoms. The van der Waals surface area contributed by atoms with Gasteiger partial charge in [-0.15, -0.1) is 0 Å². The summed E-state index contributed by atoms with van der Waals surface area (Å²) >= 11 is 1.77. The van der Waals surface area contributed by atoms with E-state index in [1.165, 1.54) is 12.0 Å². The molecule has 0 unspecified atom stereocenters. The Morgan fingerprint density at radius 1 is 1.15 bits per heavy atom. The van der Waals surface area contributed by atoms with E-state index in [1.54, 1.807) is 11.3 Å². The molecule has 2 aromatic rings. The number of hydrogen-bond acceptors (Lipinski definition) is 4. The molecular formula is C21H26N2O2S. The zero-order valence-electron chi connectivity index (χ0n) is 15.0. The van der Waals surface area contributed by atoms with Crippen LogP contribution in [-0.4, -0.2) is 48.0 Å². The van der Waals surface area contributed by atoms with Gasteiger partial charge in [0.25, 0.3) is 5.91 Å². The van der Waals surface area contributed by atoms with E-state index in [4.69, 9.17) is 4.74 Å². The number of rotatable bonds is 5.